The highest BCUT2D eigenvalue weighted by Crippen LogP contribution is 2.28. The van der Waals surface area contributed by atoms with E-state index in [1.807, 2.05) is 13.8 Å². The molecule has 0 aliphatic carbocycles. The maximum atomic E-state index is 12.2. The number of halogens is 2. The summed E-state index contributed by atoms with van der Waals surface area (Å²) < 4.78 is 12.2. The second kappa shape index (κ2) is 5.21. The van der Waals surface area contributed by atoms with Gasteiger partial charge in [0.1, 0.15) is 10.6 Å². The highest BCUT2D eigenvalue weighted by molar-refractivity contribution is 7.88. The molecular weight excluding hydrogens is 293 g/mol. The van der Waals surface area contributed by atoms with Crippen LogP contribution in [0.4, 0.5) is 0 Å². The van der Waals surface area contributed by atoms with Crippen LogP contribution in [0.2, 0.25) is 10.0 Å². The van der Waals surface area contributed by atoms with Crippen LogP contribution in [0.25, 0.3) is 0 Å². The molecule has 1 aliphatic rings. The number of nitrogens with one attached hydrogen (secondary N) is 1. The zero-order valence-electron chi connectivity index (χ0n) is 10.00. The quantitative estimate of drug-likeness (QED) is 0.930. The molecule has 1 aromatic carbocycles. The van der Waals surface area contributed by atoms with Crippen LogP contribution in [0.1, 0.15) is 19.4 Å². The molecule has 3 nitrogen and oxygen atoms in total. The van der Waals surface area contributed by atoms with Crippen LogP contribution in [0.15, 0.2) is 29.3 Å². The molecule has 18 heavy (non-hydrogen) atoms. The van der Waals surface area contributed by atoms with Crippen molar-refractivity contribution in [1.82, 2.24) is 5.48 Å². The van der Waals surface area contributed by atoms with Gasteiger partial charge in [0.05, 0.1) is 16.6 Å². The average molecular weight is 306 g/mol. The summed E-state index contributed by atoms with van der Waals surface area (Å²) in [7, 11) is -1.26. The summed E-state index contributed by atoms with van der Waals surface area (Å²) in [5.74, 6) is 0.261. The van der Waals surface area contributed by atoms with E-state index in [0.717, 1.165) is 0 Å². The van der Waals surface area contributed by atoms with Gasteiger partial charge in [-0.1, -0.05) is 29.3 Å². The standard InChI is InChI=1S/C12H13Cl2NO2S/c1-12(2)6-11(15-17-12)18(16)7-8-9(13)4-3-5-10(8)14/h3-6,15H,7H2,1-2H3. The molecule has 0 spiro atoms. The van der Waals surface area contributed by atoms with Crippen LogP contribution in [0.3, 0.4) is 0 Å². The minimum Gasteiger partial charge on any atom is -0.265 e. The summed E-state index contributed by atoms with van der Waals surface area (Å²) in [6.07, 6.45) is 1.80. The summed E-state index contributed by atoms with van der Waals surface area (Å²) in [5, 5.41) is 1.60. The Hall–Kier alpha value is -0.550. The number of hydrogen-bond acceptors (Lipinski definition) is 3. The van der Waals surface area contributed by atoms with Gasteiger partial charge in [-0.15, -0.1) is 0 Å². The smallest absolute Gasteiger partial charge is 0.124 e. The fourth-order valence-corrected chi connectivity index (χ4v) is 3.52. The fourth-order valence-electron chi connectivity index (χ4n) is 1.55. The molecule has 0 saturated carbocycles. The third-order valence-corrected chi connectivity index (χ3v) is 4.43. The normalized spacial score (nSPS) is 19.2. The first-order chi connectivity index (χ1) is 8.39. The number of rotatable bonds is 3. The van der Waals surface area contributed by atoms with Gasteiger partial charge in [0, 0.05) is 15.6 Å². The van der Waals surface area contributed by atoms with Gasteiger partial charge in [-0.25, -0.2) is 0 Å². The minimum absolute atomic E-state index is 0.261. The highest BCUT2D eigenvalue weighted by Gasteiger charge is 2.27. The summed E-state index contributed by atoms with van der Waals surface area (Å²) in [6, 6.07) is 5.23. The monoisotopic (exact) mass is 305 g/mol. The number of hydrogen-bond donors (Lipinski definition) is 1. The second-order valence-corrected chi connectivity index (χ2v) is 6.74. The molecule has 1 N–H and O–H groups in total. The van der Waals surface area contributed by atoms with E-state index in [1.54, 1.807) is 24.3 Å². The summed E-state index contributed by atoms with van der Waals surface area (Å²) >= 11 is 12.1. The molecule has 6 heteroatoms. The molecule has 2 rings (SSSR count). The number of hydroxylamine groups is 1. The van der Waals surface area contributed by atoms with Crippen molar-refractivity contribution < 1.29 is 9.05 Å². The van der Waals surface area contributed by atoms with Crippen molar-refractivity contribution in [3.63, 3.8) is 0 Å². The molecule has 98 valence electrons. The second-order valence-electron chi connectivity index (χ2n) is 4.51. The average Bonchev–Trinajstić information content (AvgIpc) is 2.64. The van der Waals surface area contributed by atoms with Gasteiger partial charge in [-0.2, -0.15) is 0 Å². The van der Waals surface area contributed by atoms with Gasteiger partial charge < -0.3 is 0 Å². The first-order valence-electron chi connectivity index (χ1n) is 5.37. The zero-order valence-corrected chi connectivity index (χ0v) is 12.3. The van der Waals surface area contributed by atoms with E-state index in [0.29, 0.717) is 20.6 Å². The van der Waals surface area contributed by atoms with Crippen LogP contribution in [0, 0.1) is 0 Å². The third kappa shape index (κ3) is 3.06. The summed E-state index contributed by atoms with van der Waals surface area (Å²) in [6.45, 7) is 3.76. The first-order valence-corrected chi connectivity index (χ1v) is 7.45. The van der Waals surface area contributed by atoms with Crippen LogP contribution in [0.5, 0.6) is 0 Å². The van der Waals surface area contributed by atoms with Crippen molar-refractivity contribution in [2.75, 3.05) is 0 Å². The largest absolute Gasteiger partial charge is 0.265 e. The van der Waals surface area contributed by atoms with Gasteiger partial charge in [-0.3, -0.25) is 14.5 Å². The molecule has 0 bridgehead atoms. The molecule has 0 aromatic heterocycles. The van der Waals surface area contributed by atoms with Crippen molar-refractivity contribution >= 4 is 34.0 Å². The van der Waals surface area contributed by atoms with Gasteiger partial charge >= 0.3 is 0 Å². The molecule has 0 radical (unpaired) electrons. The molecule has 1 unspecified atom stereocenters. The van der Waals surface area contributed by atoms with E-state index in [-0.39, 0.29) is 5.75 Å². The molecule has 1 atom stereocenters. The molecule has 0 amide bonds. The Labute approximate surface area is 119 Å². The van der Waals surface area contributed by atoms with Gasteiger partial charge in [0.2, 0.25) is 0 Å². The van der Waals surface area contributed by atoms with E-state index in [4.69, 9.17) is 28.0 Å². The Morgan fingerprint density at radius 3 is 2.44 bits per heavy atom. The first kappa shape index (κ1) is 13.9. The highest BCUT2D eigenvalue weighted by atomic mass is 35.5. The predicted molar refractivity (Wildman–Crippen MR) is 74.7 cm³/mol. The summed E-state index contributed by atoms with van der Waals surface area (Å²) in [5.41, 5.74) is 2.92. The predicted octanol–water partition coefficient (Wildman–Crippen LogP) is 3.40. The van der Waals surface area contributed by atoms with Crippen molar-refractivity contribution in [3.05, 3.63) is 44.9 Å². The SMILES string of the molecule is CC1(C)C=C(S(=O)Cc2c(Cl)cccc2Cl)NO1. The summed E-state index contributed by atoms with van der Waals surface area (Å²) in [4.78, 5) is 5.27. The van der Waals surface area contributed by atoms with E-state index in [2.05, 4.69) is 5.48 Å². The Morgan fingerprint density at radius 1 is 1.33 bits per heavy atom. The Morgan fingerprint density at radius 2 is 1.94 bits per heavy atom. The molecule has 1 heterocycles. The lowest BCUT2D eigenvalue weighted by atomic mass is 10.1. The van der Waals surface area contributed by atoms with Crippen LogP contribution < -0.4 is 5.48 Å². The lowest BCUT2D eigenvalue weighted by Crippen LogP contribution is -2.21. The van der Waals surface area contributed by atoms with Crippen LogP contribution in [-0.2, 0) is 21.4 Å². The topological polar surface area (TPSA) is 38.3 Å². The Balaban J connectivity index is 2.18. The zero-order chi connectivity index (χ0) is 13.3. The lowest BCUT2D eigenvalue weighted by molar-refractivity contribution is -0.0128. The molecular formula is C12H13Cl2NO2S. The van der Waals surface area contributed by atoms with Gasteiger partial charge in [0.25, 0.3) is 0 Å². The molecule has 0 fully saturated rings. The molecule has 1 aromatic rings. The minimum atomic E-state index is -1.26. The van der Waals surface area contributed by atoms with E-state index < -0.39 is 16.4 Å². The fraction of sp³-hybridized carbons (Fsp3) is 0.333. The van der Waals surface area contributed by atoms with Crippen molar-refractivity contribution in [1.29, 1.82) is 0 Å². The van der Waals surface area contributed by atoms with Gasteiger partial charge in [0.15, 0.2) is 0 Å². The molecule has 0 saturated heterocycles. The van der Waals surface area contributed by atoms with Crippen LogP contribution in [-0.4, -0.2) is 9.81 Å². The third-order valence-electron chi connectivity index (χ3n) is 2.48. The van der Waals surface area contributed by atoms with E-state index >= 15 is 0 Å². The van der Waals surface area contributed by atoms with E-state index in [1.165, 1.54) is 0 Å². The lowest BCUT2D eigenvalue weighted by Gasteiger charge is -2.11. The van der Waals surface area contributed by atoms with Crippen molar-refractivity contribution in [2.24, 2.45) is 0 Å². The molecule has 1 aliphatic heterocycles. The maximum absolute atomic E-state index is 12.2. The Bertz CT molecular complexity index is 509. The van der Waals surface area contributed by atoms with Gasteiger partial charge in [-0.05, 0) is 32.1 Å². The number of benzene rings is 1. The van der Waals surface area contributed by atoms with E-state index in [9.17, 15) is 4.21 Å². The van der Waals surface area contributed by atoms with Crippen LogP contribution >= 0.6 is 23.2 Å². The van der Waals surface area contributed by atoms with Crippen molar-refractivity contribution in [3.8, 4) is 0 Å². The Kier molecular flexibility index (Phi) is 4.02. The van der Waals surface area contributed by atoms with Crippen molar-refractivity contribution in [2.45, 2.75) is 25.2 Å². The maximum Gasteiger partial charge on any atom is 0.124 e.